The molecule has 5 rings (SSSR count). The maximum absolute atomic E-state index is 13.3. The summed E-state index contributed by atoms with van der Waals surface area (Å²) in [6, 6.07) is 10.9. The minimum Gasteiger partial charge on any atom is -0.461 e. The van der Waals surface area contributed by atoms with Gasteiger partial charge in [0.15, 0.2) is 17.3 Å². The zero-order valence-corrected chi connectivity index (χ0v) is 22.7. The van der Waals surface area contributed by atoms with Crippen LogP contribution < -0.4 is 5.43 Å². The van der Waals surface area contributed by atoms with Crippen molar-refractivity contribution in [3.63, 3.8) is 0 Å². The predicted molar refractivity (Wildman–Crippen MR) is 146 cm³/mol. The van der Waals surface area contributed by atoms with Crippen LogP contribution in [0.25, 0.3) is 0 Å². The lowest BCUT2D eigenvalue weighted by atomic mass is 9.61. The summed E-state index contributed by atoms with van der Waals surface area (Å²) in [6.45, 7) is 6.17. The second-order valence-electron chi connectivity index (χ2n) is 11.6. The average molecular weight is 549 g/mol. The van der Waals surface area contributed by atoms with Crippen LogP contribution in [0.1, 0.15) is 80.3 Å². The van der Waals surface area contributed by atoms with Gasteiger partial charge in [0, 0.05) is 18.1 Å². The molecule has 3 aliphatic rings. The molecule has 0 saturated heterocycles. The van der Waals surface area contributed by atoms with Crippen molar-refractivity contribution in [2.45, 2.75) is 82.7 Å². The highest BCUT2D eigenvalue weighted by Gasteiger charge is 2.47. The summed E-state index contributed by atoms with van der Waals surface area (Å²) in [5, 5.41) is 31.9. The second-order valence-corrected chi connectivity index (χ2v) is 11.6. The average Bonchev–Trinajstić information content (AvgIpc) is 2.96. The number of esters is 1. The quantitative estimate of drug-likeness (QED) is 0.270. The zero-order chi connectivity index (χ0) is 28.6. The minimum atomic E-state index is -1.76. The van der Waals surface area contributed by atoms with Crippen LogP contribution in [0, 0.1) is 11.3 Å². The fourth-order valence-corrected chi connectivity index (χ4v) is 6.56. The van der Waals surface area contributed by atoms with E-state index in [0.717, 1.165) is 48.7 Å². The van der Waals surface area contributed by atoms with Crippen LogP contribution in [0.4, 0.5) is 0 Å². The largest absolute Gasteiger partial charge is 0.461 e. The number of aliphatic hydroxyl groups excluding tert-OH is 3. The number of hydrogen-bond donors (Lipinski definition) is 3. The number of ether oxygens (including phenoxy) is 1. The van der Waals surface area contributed by atoms with E-state index in [1.807, 2.05) is 30.3 Å². The number of carbonyl (C=O) groups is 2. The summed E-state index contributed by atoms with van der Waals surface area (Å²) in [5.41, 5.74) is 2.25. The number of aryl methyl sites for hydroxylation is 2. The van der Waals surface area contributed by atoms with Crippen molar-refractivity contribution < 1.29 is 34.1 Å². The molecule has 0 aliphatic heterocycles. The summed E-state index contributed by atoms with van der Waals surface area (Å²) >= 11 is 0. The number of benzene rings is 1. The van der Waals surface area contributed by atoms with Crippen LogP contribution >= 0.6 is 0 Å². The van der Waals surface area contributed by atoms with Gasteiger partial charge in [-0.15, -0.1) is 0 Å². The highest BCUT2D eigenvalue weighted by molar-refractivity contribution is 5.88. The molecule has 3 aliphatic carbocycles. The Morgan fingerprint density at radius 3 is 2.62 bits per heavy atom. The Hall–Kier alpha value is -3.33. The lowest BCUT2D eigenvalue weighted by Gasteiger charge is -2.44. The van der Waals surface area contributed by atoms with Crippen LogP contribution in [-0.2, 0) is 27.2 Å². The van der Waals surface area contributed by atoms with Crippen LogP contribution in [0.3, 0.4) is 0 Å². The van der Waals surface area contributed by atoms with Crippen molar-refractivity contribution in [1.82, 2.24) is 0 Å². The van der Waals surface area contributed by atoms with Gasteiger partial charge < -0.3 is 24.5 Å². The maximum atomic E-state index is 13.3. The molecule has 6 atom stereocenters. The van der Waals surface area contributed by atoms with Gasteiger partial charge in [0.2, 0.25) is 0 Å². The van der Waals surface area contributed by atoms with E-state index in [2.05, 4.69) is 13.5 Å². The first-order valence-electron chi connectivity index (χ1n) is 14.0. The Morgan fingerprint density at radius 1 is 1.15 bits per heavy atom. The monoisotopic (exact) mass is 548 g/mol. The van der Waals surface area contributed by atoms with E-state index in [0.29, 0.717) is 31.4 Å². The number of fused-ring (bicyclic) bond motifs is 2. The molecule has 8 nitrogen and oxygen atoms in total. The molecule has 1 heterocycles. The van der Waals surface area contributed by atoms with Gasteiger partial charge in [0.05, 0.1) is 5.56 Å². The van der Waals surface area contributed by atoms with Crippen molar-refractivity contribution in [2.75, 3.05) is 0 Å². The smallest absolute Gasteiger partial charge is 0.334 e. The van der Waals surface area contributed by atoms with Gasteiger partial charge in [0.25, 0.3) is 0 Å². The molecule has 0 spiro atoms. The number of hydrogen-bond acceptors (Lipinski definition) is 8. The van der Waals surface area contributed by atoms with Crippen molar-refractivity contribution in [2.24, 2.45) is 11.3 Å². The van der Waals surface area contributed by atoms with Gasteiger partial charge in [-0.3, -0.25) is 9.59 Å². The lowest BCUT2D eigenvalue weighted by molar-refractivity contribution is -0.171. The molecule has 1 fully saturated rings. The predicted octanol–water partition coefficient (Wildman–Crippen LogP) is 3.82. The molecule has 1 saturated carbocycles. The third-order valence-corrected chi connectivity index (χ3v) is 9.02. The zero-order valence-electron chi connectivity index (χ0n) is 22.7. The van der Waals surface area contributed by atoms with Crippen LogP contribution in [-0.4, -0.2) is 39.8 Å². The van der Waals surface area contributed by atoms with E-state index in [-0.39, 0.29) is 28.2 Å². The van der Waals surface area contributed by atoms with E-state index < -0.39 is 35.8 Å². The van der Waals surface area contributed by atoms with E-state index >= 15 is 0 Å². The third-order valence-electron chi connectivity index (χ3n) is 9.02. The number of carbonyl (C=O) groups excluding carboxylic acids is 2. The van der Waals surface area contributed by atoms with E-state index in [4.69, 9.17) is 9.15 Å². The van der Waals surface area contributed by atoms with E-state index in [1.54, 1.807) is 0 Å². The summed E-state index contributed by atoms with van der Waals surface area (Å²) < 4.78 is 11.6. The van der Waals surface area contributed by atoms with E-state index in [1.165, 1.54) is 6.07 Å². The van der Waals surface area contributed by atoms with Crippen LogP contribution in [0.5, 0.6) is 0 Å². The Bertz CT molecular complexity index is 1390. The van der Waals surface area contributed by atoms with Crippen molar-refractivity contribution in [1.29, 1.82) is 0 Å². The first kappa shape index (κ1) is 28.2. The topological polar surface area (TPSA) is 134 Å². The van der Waals surface area contributed by atoms with Crippen molar-refractivity contribution in [3.05, 3.63) is 92.6 Å². The molecule has 0 radical (unpaired) electrons. The molecular weight excluding hydrogens is 512 g/mol. The fraction of sp³-hybridized carbons (Fsp3) is 0.469. The normalized spacial score (nSPS) is 29.8. The molecule has 212 valence electrons. The summed E-state index contributed by atoms with van der Waals surface area (Å²) in [7, 11) is 0. The molecule has 3 N–H and O–H groups in total. The Labute approximate surface area is 233 Å². The summed E-state index contributed by atoms with van der Waals surface area (Å²) in [5.74, 6) is -0.894. The molecule has 0 bridgehead atoms. The maximum Gasteiger partial charge on any atom is 0.334 e. The van der Waals surface area contributed by atoms with Crippen LogP contribution in [0.15, 0.2) is 68.9 Å². The van der Waals surface area contributed by atoms with Gasteiger partial charge in [-0.2, -0.15) is 0 Å². The highest BCUT2D eigenvalue weighted by Crippen LogP contribution is 2.52. The van der Waals surface area contributed by atoms with Gasteiger partial charge in [0.1, 0.15) is 30.4 Å². The molecular formula is C32H36O8. The van der Waals surface area contributed by atoms with Crippen molar-refractivity contribution in [3.8, 4) is 0 Å². The van der Waals surface area contributed by atoms with Gasteiger partial charge in [-0.1, -0.05) is 49.4 Å². The van der Waals surface area contributed by atoms with Crippen molar-refractivity contribution >= 4 is 12.3 Å². The van der Waals surface area contributed by atoms with Gasteiger partial charge in [-0.05, 0) is 67.4 Å². The standard InChI is InChI=1S/C32H36O8/c1-18(20-12-14-32(2)13-6-9-21(17-33)23(32)15-20)31(38)40-30-28(37)27(36)26(35)25-24(34)16-22(39-29(25)30)11-10-19-7-4-3-5-8-19/h3-5,7-8,16-17,20,26-28,30,35-37H,1,6,9-15H2,2H3. The molecule has 2 aromatic rings. The molecule has 1 aromatic carbocycles. The number of rotatable bonds is 7. The SMILES string of the molecule is C=C(C(=O)OC1c2oc(CCc3ccccc3)cc(=O)c2C(O)C(O)C1O)C1CCC2(C)CCCC(C=O)=C2C1. The fourth-order valence-electron chi connectivity index (χ4n) is 6.56. The Kier molecular flexibility index (Phi) is 7.95. The first-order chi connectivity index (χ1) is 19.1. The lowest BCUT2D eigenvalue weighted by Crippen LogP contribution is -2.45. The molecule has 40 heavy (non-hydrogen) atoms. The number of aldehydes is 1. The second kappa shape index (κ2) is 11.3. The van der Waals surface area contributed by atoms with Gasteiger partial charge >= 0.3 is 5.97 Å². The summed E-state index contributed by atoms with van der Waals surface area (Å²) in [4.78, 5) is 38.1. The first-order valence-corrected chi connectivity index (χ1v) is 14.0. The Balaban J connectivity index is 1.38. The molecule has 0 amide bonds. The number of aliphatic hydroxyl groups is 3. The van der Waals surface area contributed by atoms with Gasteiger partial charge in [-0.25, -0.2) is 4.79 Å². The third kappa shape index (κ3) is 5.23. The molecule has 1 aromatic heterocycles. The number of allylic oxidation sites excluding steroid dienone is 2. The van der Waals surface area contributed by atoms with E-state index in [9.17, 15) is 29.7 Å². The molecule has 6 unspecified atom stereocenters. The Morgan fingerprint density at radius 2 is 1.90 bits per heavy atom. The molecule has 8 heteroatoms. The minimum absolute atomic E-state index is 0.0620. The summed E-state index contributed by atoms with van der Waals surface area (Å²) in [6.07, 6.45) is -0.0613. The van der Waals surface area contributed by atoms with Crippen LogP contribution in [0.2, 0.25) is 0 Å². The highest BCUT2D eigenvalue weighted by atomic mass is 16.6.